The van der Waals surface area contributed by atoms with Gasteiger partial charge in [-0.05, 0) is 13.0 Å². The highest BCUT2D eigenvalue weighted by molar-refractivity contribution is 7.71. The average molecular weight is 242 g/mol. The van der Waals surface area contributed by atoms with E-state index in [1.807, 2.05) is 43.3 Å². The second-order valence-corrected chi connectivity index (χ2v) is 4.23. The van der Waals surface area contributed by atoms with E-state index in [-0.39, 0.29) is 0 Å². The van der Waals surface area contributed by atoms with E-state index in [9.17, 15) is 0 Å². The van der Waals surface area contributed by atoms with E-state index in [4.69, 9.17) is 12.2 Å². The zero-order valence-corrected chi connectivity index (χ0v) is 10.0. The summed E-state index contributed by atoms with van der Waals surface area (Å²) in [7, 11) is 0. The van der Waals surface area contributed by atoms with Gasteiger partial charge in [-0.1, -0.05) is 42.5 Å². The van der Waals surface area contributed by atoms with Crippen LogP contribution < -0.4 is 0 Å². The van der Waals surface area contributed by atoms with Gasteiger partial charge in [0.2, 0.25) is 0 Å². The molecule has 5 heteroatoms. The van der Waals surface area contributed by atoms with Crippen molar-refractivity contribution >= 4 is 18.0 Å². The zero-order valence-electron chi connectivity index (χ0n) is 9.21. The molecule has 0 fully saturated rings. The molecule has 4 nitrogen and oxygen atoms in total. The van der Waals surface area contributed by atoms with Gasteiger partial charge in [0.1, 0.15) is 4.64 Å². The molecule has 0 bridgehead atoms. The predicted octanol–water partition coefficient (Wildman–Crippen LogP) is 2.76. The molecule has 0 spiro atoms. The maximum absolute atomic E-state index is 5.26. The molecular weight excluding hydrogens is 232 g/mol. The fraction of sp³-hybridized carbons (Fsp3) is 0.0833. The molecule has 84 valence electrons. The van der Waals surface area contributed by atoms with Gasteiger partial charge in [0.25, 0.3) is 5.78 Å². The first-order valence-corrected chi connectivity index (χ1v) is 5.67. The minimum absolute atomic E-state index is 0.605. The number of rotatable bonds is 1. The number of aromatic nitrogens is 4. The zero-order chi connectivity index (χ0) is 11.8. The van der Waals surface area contributed by atoms with Crippen LogP contribution in [0.5, 0.6) is 0 Å². The Morgan fingerprint density at radius 3 is 2.71 bits per heavy atom. The molecule has 17 heavy (non-hydrogen) atoms. The molecule has 0 aliphatic rings. The molecule has 0 atom stereocenters. The molecule has 0 saturated carbocycles. The highest BCUT2D eigenvalue weighted by Crippen LogP contribution is 2.15. The van der Waals surface area contributed by atoms with Crippen molar-refractivity contribution in [2.75, 3.05) is 0 Å². The van der Waals surface area contributed by atoms with Gasteiger partial charge in [0.15, 0.2) is 5.82 Å². The van der Waals surface area contributed by atoms with E-state index in [2.05, 4.69) is 15.1 Å². The van der Waals surface area contributed by atoms with Gasteiger partial charge in [-0.2, -0.15) is 4.98 Å². The van der Waals surface area contributed by atoms with Crippen LogP contribution in [0.2, 0.25) is 0 Å². The van der Waals surface area contributed by atoms with Crippen molar-refractivity contribution in [2.45, 2.75) is 6.92 Å². The second kappa shape index (κ2) is 3.78. The van der Waals surface area contributed by atoms with Crippen LogP contribution in [0.3, 0.4) is 0 Å². The Kier molecular flexibility index (Phi) is 2.26. The van der Waals surface area contributed by atoms with E-state index in [1.165, 1.54) is 0 Å². The SMILES string of the molecule is Cc1cc(=S)n2[nH]c(-c3ccccc3)nc2n1. The minimum atomic E-state index is 0.605. The number of hydrogen-bond acceptors (Lipinski definition) is 3. The minimum Gasteiger partial charge on any atom is -0.273 e. The van der Waals surface area contributed by atoms with Crippen LogP contribution in [0.25, 0.3) is 17.2 Å². The summed E-state index contributed by atoms with van der Waals surface area (Å²) < 4.78 is 2.40. The molecule has 0 saturated heterocycles. The fourth-order valence-corrected chi connectivity index (χ4v) is 2.02. The van der Waals surface area contributed by atoms with Gasteiger partial charge >= 0.3 is 0 Å². The van der Waals surface area contributed by atoms with Crippen LogP contribution >= 0.6 is 12.2 Å². The molecule has 3 aromatic rings. The van der Waals surface area contributed by atoms with Crippen LogP contribution in [-0.2, 0) is 0 Å². The van der Waals surface area contributed by atoms with E-state index in [0.717, 1.165) is 17.1 Å². The van der Waals surface area contributed by atoms with E-state index in [0.29, 0.717) is 10.4 Å². The molecule has 2 heterocycles. The Morgan fingerprint density at radius 2 is 1.94 bits per heavy atom. The van der Waals surface area contributed by atoms with Gasteiger partial charge in [-0.25, -0.2) is 9.50 Å². The molecule has 1 aromatic carbocycles. The lowest BCUT2D eigenvalue weighted by Crippen LogP contribution is -1.93. The number of nitrogens with zero attached hydrogens (tertiary/aromatic N) is 3. The van der Waals surface area contributed by atoms with Crippen molar-refractivity contribution in [3.8, 4) is 11.4 Å². The Hall–Kier alpha value is -2.01. The summed E-state index contributed by atoms with van der Waals surface area (Å²) in [4.78, 5) is 8.77. The quantitative estimate of drug-likeness (QED) is 0.667. The number of nitrogens with one attached hydrogen (secondary N) is 1. The first kappa shape index (κ1) is 10.2. The molecule has 1 N–H and O–H groups in total. The maximum atomic E-state index is 5.26. The largest absolute Gasteiger partial charge is 0.273 e. The van der Waals surface area contributed by atoms with Gasteiger partial charge in [0, 0.05) is 11.3 Å². The summed E-state index contributed by atoms with van der Waals surface area (Å²) in [5.74, 6) is 1.38. The van der Waals surface area contributed by atoms with Crippen LogP contribution in [0.1, 0.15) is 5.69 Å². The Morgan fingerprint density at radius 1 is 1.18 bits per heavy atom. The summed E-state index contributed by atoms with van der Waals surface area (Å²) in [6, 6.07) is 11.7. The monoisotopic (exact) mass is 242 g/mol. The lowest BCUT2D eigenvalue weighted by molar-refractivity contribution is 0.917. The van der Waals surface area contributed by atoms with Crippen LogP contribution in [-0.4, -0.2) is 19.6 Å². The molecule has 0 aliphatic carbocycles. The summed E-state index contributed by atoms with van der Waals surface area (Å²) in [5.41, 5.74) is 1.89. The van der Waals surface area contributed by atoms with Gasteiger partial charge in [0.05, 0.1) is 0 Å². The first-order valence-electron chi connectivity index (χ1n) is 5.26. The van der Waals surface area contributed by atoms with Gasteiger partial charge in [-0.3, -0.25) is 5.10 Å². The summed E-state index contributed by atoms with van der Waals surface area (Å²) >= 11 is 5.26. The van der Waals surface area contributed by atoms with E-state index in [1.54, 1.807) is 4.52 Å². The summed E-state index contributed by atoms with van der Waals surface area (Å²) in [6.07, 6.45) is 0. The normalized spacial score (nSPS) is 10.9. The van der Waals surface area contributed by atoms with Crippen LogP contribution in [0, 0.1) is 11.6 Å². The highest BCUT2D eigenvalue weighted by Gasteiger charge is 2.05. The number of aryl methyl sites for hydroxylation is 1. The third kappa shape index (κ3) is 1.74. The van der Waals surface area contributed by atoms with Crippen LogP contribution in [0.4, 0.5) is 0 Å². The predicted molar refractivity (Wildman–Crippen MR) is 68.3 cm³/mol. The molecule has 3 rings (SSSR count). The van der Waals surface area contributed by atoms with Crippen molar-refractivity contribution in [2.24, 2.45) is 0 Å². The fourth-order valence-electron chi connectivity index (χ4n) is 1.72. The number of benzene rings is 1. The number of aromatic amines is 1. The average Bonchev–Trinajstić information content (AvgIpc) is 2.74. The first-order chi connectivity index (χ1) is 8.24. The van der Waals surface area contributed by atoms with Crippen molar-refractivity contribution in [3.05, 3.63) is 46.7 Å². The molecule has 0 aliphatic heterocycles. The molecule has 0 amide bonds. The second-order valence-electron chi connectivity index (χ2n) is 3.81. The number of fused-ring (bicyclic) bond motifs is 1. The molecule has 0 unspecified atom stereocenters. The van der Waals surface area contributed by atoms with E-state index < -0.39 is 0 Å². The Bertz CT molecular complexity index is 727. The third-order valence-electron chi connectivity index (χ3n) is 2.51. The Balaban J connectivity index is 2.28. The summed E-state index contributed by atoms with van der Waals surface area (Å²) in [6.45, 7) is 1.91. The maximum Gasteiger partial charge on any atom is 0.252 e. The highest BCUT2D eigenvalue weighted by atomic mass is 32.1. The number of hydrogen-bond donors (Lipinski definition) is 1. The Labute approximate surface area is 103 Å². The van der Waals surface area contributed by atoms with E-state index >= 15 is 0 Å². The topological polar surface area (TPSA) is 46.0 Å². The number of H-pyrrole nitrogens is 1. The molecular formula is C12H10N4S. The van der Waals surface area contributed by atoms with Crippen molar-refractivity contribution in [1.29, 1.82) is 0 Å². The summed E-state index contributed by atoms with van der Waals surface area (Å²) in [5, 5.41) is 3.15. The molecule has 0 radical (unpaired) electrons. The van der Waals surface area contributed by atoms with Crippen LogP contribution in [0.15, 0.2) is 36.4 Å². The smallest absolute Gasteiger partial charge is 0.252 e. The lowest BCUT2D eigenvalue weighted by Gasteiger charge is -1.94. The third-order valence-corrected chi connectivity index (χ3v) is 2.81. The van der Waals surface area contributed by atoms with Gasteiger partial charge < -0.3 is 0 Å². The standard InChI is InChI=1S/C12H10N4S/c1-8-7-10(17)16-12(13-8)14-11(15-16)9-5-3-2-4-6-9/h2-7H,1H3,(H,13,14,15). The van der Waals surface area contributed by atoms with Gasteiger partial charge in [-0.15, -0.1) is 0 Å². The molecule has 2 aromatic heterocycles. The lowest BCUT2D eigenvalue weighted by atomic mass is 10.2. The van der Waals surface area contributed by atoms with Crippen molar-refractivity contribution < 1.29 is 0 Å². The van der Waals surface area contributed by atoms with Crippen molar-refractivity contribution in [3.63, 3.8) is 0 Å². The van der Waals surface area contributed by atoms with Crippen molar-refractivity contribution in [1.82, 2.24) is 19.6 Å².